The van der Waals surface area contributed by atoms with Gasteiger partial charge in [0, 0.05) is 0 Å². The molecule has 6 heteroatoms. The van der Waals surface area contributed by atoms with Crippen LogP contribution in [0.4, 0.5) is 0 Å². The Morgan fingerprint density at radius 1 is 1.17 bits per heavy atom. The van der Waals surface area contributed by atoms with Crippen molar-refractivity contribution in [1.29, 1.82) is 0 Å². The molecular weight excluding hydrogens is 324 g/mol. The third-order valence-corrected chi connectivity index (χ3v) is 6.18. The standard InChI is InChI=1S/C18H26N2O3S/c1-22-15-7-6-14(12-16(15)23-2)18-20(17(21)13-24-18)11-10-19-8-4-3-5-9-19/h6-7,12,18H,3-5,8-11,13H2,1-2H3/p+1/t18-/m1/s1. The topological polar surface area (TPSA) is 43.2 Å². The maximum absolute atomic E-state index is 12.3. The first kappa shape index (κ1) is 17.4. The van der Waals surface area contributed by atoms with Crippen molar-refractivity contribution in [2.75, 3.05) is 46.2 Å². The maximum Gasteiger partial charge on any atom is 0.234 e. The molecule has 1 aromatic rings. The molecule has 3 rings (SSSR count). The number of piperidine rings is 1. The van der Waals surface area contributed by atoms with Gasteiger partial charge in [0.05, 0.1) is 46.2 Å². The van der Waals surface area contributed by atoms with E-state index in [1.807, 2.05) is 23.1 Å². The van der Waals surface area contributed by atoms with E-state index < -0.39 is 0 Å². The van der Waals surface area contributed by atoms with Crippen molar-refractivity contribution in [3.63, 3.8) is 0 Å². The Morgan fingerprint density at radius 2 is 1.92 bits per heavy atom. The molecular formula is C18H27N2O3S+. The van der Waals surface area contributed by atoms with Crippen molar-refractivity contribution in [2.24, 2.45) is 0 Å². The molecule has 0 bridgehead atoms. The minimum absolute atomic E-state index is 0.0847. The number of nitrogens with zero attached hydrogens (tertiary/aromatic N) is 1. The van der Waals surface area contributed by atoms with Gasteiger partial charge in [-0.3, -0.25) is 4.79 Å². The lowest BCUT2D eigenvalue weighted by Gasteiger charge is -2.28. The predicted octanol–water partition coefficient (Wildman–Crippen LogP) is 1.35. The number of carbonyl (C=O) groups excluding carboxylic acids is 1. The highest BCUT2D eigenvalue weighted by Gasteiger charge is 2.34. The Balaban J connectivity index is 1.70. The summed E-state index contributed by atoms with van der Waals surface area (Å²) in [6.07, 6.45) is 3.99. The molecule has 2 fully saturated rings. The minimum atomic E-state index is 0.0847. The highest BCUT2D eigenvalue weighted by molar-refractivity contribution is 8.00. The fourth-order valence-corrected chi connectivity index (χ4v) is 4.77. The summed E-state index contributed by atoms with van der Waals surface area (Å²) in [5.41, 5.74) is 1.11. The number of benzene rings is 1. The second-order valence-electron chi connectivity index (χ2n) is 6.43. The Hall–Kier alpha value is -1.40. The van der Waals surface area contributed by atoms with Crippen molar-refractivity contribution in [3.05, 3.63) is 23.8 Å². The highest BCUT2D eigenvalue weighted by atomic mass is 32.2. The second-order valence-corrected chi connectivity index (χ2v) is 7.49. The van der Waals surface area contributed by atoms with Crippen LogP contribution in [0.1, 0.15) is 30.2 Å². The van der Waals surface area contributed by atoms with Crippen LogP contribution in [0.15, 0.2) is 18.2 Å². The smallest absolute Gasteiger partial charge is 0.234 e. The van der Waals surface area contributed by atoms with Crippen LogP contribution in [0.5, 0.6) is 11.5 Å². The number of carbonyl (C=O) groups is 1. The van der Waals surface area contributed by atoms with Gasteiger partial charge in [-0.25, -0.2) is 0 Å². The molecule has 132 valence electrons. The quantitative estimate of drug-likeness (QED) is 0.840. The summed E-state index contributed by atoms with van der Waals surface area (Å²) < 4.78 is 10.7. The van der Waals surface area contributed by atoms with Crippen LogP contribution in [0.25, 0.3) is 0 Å². The summed E-state index contributed by atoms with van der Waals surface area (Å²) >= 11 is 1.70. The van der Waals surface area contributed by atoms with Crippen LogP contribution >= 0.6 is 11.8 Å². The van der Waals surface area contributed by atoms with Crippen molar-refractivity contribution in [2.45, 2.75) is 24.6 Å². The van der Waals surface area contributed by atoms with E-state index in [1.165, 1.54) is 32.4 Å². The molecule has 0 spiro atoms. The fourth-order valence-electron chi connectivity index (χ4n) is 3.56. The van der Waals surface area contributed by atoms with E-state index >= 15 is 0 Å². The molecule has 2 aliphatic rings. The number of quaternary nitrogens is 1. The minimum Gasteiger partial charge on any atom is -0.493 e. The largest absolute Gasteiger partial charge is 0.493 e. The molecule has 1 N–H and O–H groups in total. The summed E-state index contributed by atoms with van der Waals surface area (Å²) in [5, 5.41) is 0.0847. The number of amides is 1. The molecule has 24 heavy (non-hydrogen) atoms. The van der Waals surface area contributed by atoms with Gasteiger partial charge in [-0.05, 0) is 37.0 Å². The van der Waals surface area contributed by atoms with E-state index in [9.17, 15) is 4.79 Å². The number of rotatable bonds is 6. The van der Waals surface area contributed by atoms with Gasteiger partial charge in [0.2, 0.25) is 5.91 Å². The summed E-state index contributed by atoms with van der Waals surface area (Å²) in [6.45, 7) is 4.38. The zero-order chi connectivity index (χ0) is 16.9. The molecule has 2 aliphatic heterocycles. The van der Waals surface area contributed by atoms with E-state index in [0.717, 1.165) is 30.2 Å². The van der Waals surface area contributed by atoms with Crippen molar-refractivity contribution in [3.8, 4) is 11.5 Å². The summed E-state index contributed by atoms with van der Waals surface area (Å²) in [6, 6.07) is 5.96. The van der Waals surface area contributed by atoms with Crippen LogP contribution in [0.3, 0.4) is 0 Å². The Morgan fingerprint density at radius 3 is 2.62 bits per heavy atom. The molecule has 0 saturated carbocycles. The second kappa shape index (κ2) is 8.12. The van der Waals surface area contributed by atoms with Gasteiger partial charge in [-0.1, -0.05) is 6.07 Å². The number of ether oxygens (including phenoxy) is 2. The number of methoxy groups -OCH3 is 2. The molecule has 0 unspecified atom stereocenters. The number of likely N-dealkylation sites (tertiary alicyclic amines) is 1. The van der Waals surface area contributed by atoms with Crippen LogP contribution in [0.2, 0.25) is 0 Å². The summed E-state index contributed by atoms with van der Waals surface area (Å²) in [5.74, 6) is 2.25. The highest BCUT2D eigenvalue weighted by Crippen LogP contribution is 2.41. The van der Waals surface area contributed by atoms with E-state index in [-0.39, 0.29) is 11.3 Å². The van der Waals surface area contributed by atoms with Gasteiger partial charge in [0.1, 0.15) is 5.37 Å². The number of hydrogen-bond donors (Lipinski definition) is 1. The van der Waals surface area contributed by atoms with Crippen LogP contribution in [0, 0.1) is 0 Å². The third-order valence-electron chi connectivity index (χ3n) is 4.93. The van der Waals surface area contributed by atoms with Gasteiger partial charge in [0.25, 0.3) is 0 Å². The zero-order valence-electron chi connectivity index (χ0n) is 14.5. The van der Waals surface area contributed by atoms with Crippen LogP contribution in [-0.2, 0) is 4.79 Å². The van der Waals surface area contributed by atoms with E-state index in [2.05, 4.69) is 0 Å². The van der Waals surface area contributed by atoms with Gasteiger partial charge >= 0.3 is 0 Å². The third kappa shape index (κ3) is 3.81. The lowest BCUT2D eigenvalue weighted by molar-refractivity contribution is -0.904. The molecule has 1 amide bonds. The molecule has 2 saturated heterocycles. The lowest BCUT2D eigenvalue weighted by Crippen LogP contribution is -3.13. The SMILES string of the molecule is COc1ccc([C@H]2SCC(=O)N2CC[NH+]2CCCCC2)cc1OC. The summed E-state index contributed by atoms with van der Waals surface area (Å²) in [4.78, 5) is 16.0. The molecule has 0 aliphatic carbocycles. The molecule has 0 aromatic heterocycles. The maximum atomic E-state index is 12.3. The van der Waals surface area contributed by atoms with Crippen LogP contribution in [-0.4, -0.2) is 57.0 Å². The predicted molar refractivity (Wildman–Crippen MR) is 95.9 cm³/mol. The number of thioether (sulfide) groups is 1. The fraction of sp³-hybridized carbons (Fsp3) is 0.611. The van der Waals surface area contributed by atoms with Crippen molar-refractivity contribution < 1.29 is 19.2 Å². The summed E-state index contributed by atoms with van der Waals surface area (Å²) in [7, 11) is 3.28. The normalized spacial score (nSPS) is 22.0. The van der Waals surface area contributed by atoms with E-state index in [1.54, 1.807) is 30.9 Å². The number of nitrogens with one attached hydrogen (secondary N) is 1. The Bertz CT molecular complexity index is 575. The monoisotopic (exact) mass is 351 g/mol. The first-order chi connectivity index (χ1) is 11.7. The lowest BCUT2D eigenvalue weighted by atomic mass is 10.1. The van der Waals surface area contributed by atoms with Crippen molar-refractivity contribution >= 4 is 17.7 Å². The molecule has 1 aromatic carbocycles. The molecule has 0 radical (unpaired) electrons. The average Bonchev–Trinajstić information content (AvgIpc) is 3.00. The Kier molecular flexibility index (Phi) is 5.89. The first-order valence-corrected chi connectivity index (χ1v) is 9.74. The zero-order valence-corrected chi connectivity index (χ0v) is 15.4. The van der Waals surface area contributed by atoms with Crippen LogP contribution < -0.4 is 14.4 Å². The molecule has 5 nitrogen and oxygen atoms in total. The van der Waals surface area contributed by atoms with Gasteiger partial charge < -0.3 is 19.3 Å². The molecule has 1 atom stereocenters. The van der Waals surface area contributed by atoms with Crippen molar-refractivity contribution in [1.82, 2.24) is 4.90 Å². The van der Waals surface area contributed by atoms with E-state index in [0.29, 0.717) is 5.75 Å². The van der Waals surface area contributed by atoms with Gasteiger partial charge in [0.15, 0.2) is 11.5 Å². The first-order valence-electron chi connectivity index (χ1n) is 8.69. The number of hydrogen-bond acceptors (Lipinski definition) is 4. The van der Waals surface area contributed by atoms with Gasteiger partial charge in [-0.15, -0.1) is 11.8 Å². The molecule has 2 heterocycles. The van der Waals surface area contributed by atoms with Gasteiger partial charge in [-0.2, -0.15) is 0 Å². The van der Waals surface area contributed by atoms with E-state index in [4.69, 9.17) is 9.47 Å². The average molecular weight is 351 g/mol. The Labute approximate surface area is 148 Å².